The highest BCUT2D eigenvalue weighted by molar-refractivity contribution is 5.74. The van der Waals surface area contributed by atoms with Crippen molar-refractivity contribution in [2.75, 3.05) is 53.6 Å². The van der Waals surface area contributed by atoms with Gasteiger partial charge in [0.05, 0.1) is 13.2 Å². The Hall–Kier alpha value is -1.79. The van der Waals surface area contributed by atoms with Crippen molar-refractivity contribution in [1.82, 2.24) is 15.1 Å². The first-order chi connectivity index (χ1) is 11.2. The summed E-state index contributed by atoms with van der Waals surface area (Å²) in [5, 5.41) is 3.10. The molecule has 1 heterocycles. The number of hydrogen-bond acceptors (Lipinski definition) is 4. The van der Waals surface area contributed by atoms with Gasteiger partial charge in [-0.3, -0.25) is 0 Å². The second kappa shape index (κ2) is 9.37. The second-order valence-electron chi connectivity index (χ2n) is 5.84. The molecule has 1 atom stereocenters. The molecule has 1 saturated heterocycles. The monoisotopic (exact) mass is 321 g/mol. The molecule has 0 aromatic heterocycles. The fraction of sp³-hybridized carbons (Fsp3) is 0.588. The van der Waals surface area contributed by atoms with Crippen LogP contribution in [0, 0.1) is 0 Å². The minimum absolute atomic E-state index is 0.0426. The van der Waals surface area contributed by atoms with Crippen LogP contribution in [0.4, 0.5) is 4.79 Å². The summed E-state index contributed by atoms with van der Waals surface area (Å²) in [4.78, 5) is 16.4. The van der Waals surface area contributed by atoms with Gasteiger partial charge in [-0.2, -0.15) is 0 Å². The molecule has 1 aliphatic rings. The maximum absolute atomic E-state index is 12.4. The molecule has 23 heavy (non-hydrogen) atoms. The lowest BCUT2D eigenvalue weighted by molar-refractivity contribution is 0.138. The first kappa shape index (κ1) is 17.6. The Bertz CT molecular complexity index is 469. The highest BCUT2D eigenvalue weighted by atomic mass is 16.5. The molecule has 6 heteroatoms. The Kier molecular flexibility index (Phi) is 7.16. The van der Waals surface area contributed by atoms with Crippen LogP contribution in [0.2, 0.25) is 0 Å². The quantitative estimate of drug-likeness (QED) is 0.787. The number of para-hydroxylation sites is 1. The van der Waals surface area contributed by atoms with E-state index < -0.39 is 0 Å². The number of rotatable bonds is 8. The van der Waals surface area contributed by atoms with Crippen molar-refractivity contribution < 1.29 is 14.3 Å². The number of hydrogen-bond donors (Lipinski definition) is 1. The van der Waals surface area contributed by atoms with Crippen molar-refractivity contribution in [3.05, 3.63) is 30.3 Å². The van der Waals surface area contributed by atoms with E-state index >= 15 is 0 Å². The third-order valence-electron chi connectivity index (χ3n) is 3.94. The highest BCUT2D eigenvalue weighted by Crippen LogP contribution is 2.09. The van der Waals surface area contributed by atoms with Gasteiger partial charge >= 0.3 is 6.03 Å². The molecule has 2 amide bonds. The Balaban J connectivity index is 1.79. The molecule has 1 fully saturated rings. The summed E-state index contributed by atoms with van der Waals surface area (Å²) in [6.07, 6.45) is 1.00. The van der Waals surface area contributed by atoms with E-state index in [9.17, 15) is 4.79 Å². The predicted molar refractivity (Wildman–Crippen MR) is 89.8 cm³/mol. The number of likely N-dealkylation sites (tertiary alicyclic amines) is 1. The van der Waals surface area contributed by atoms with Gasteiger partial charge in [-0.15, -0.1) is 0 Å². The predicted octanol–water partition coefficient (Wildman–Crippen LogP) is 1.43. The fourth-order valence-electron chi connectivity index (χ4n) is 2.63. The molecule has 1 aromatic carbocycles. The summed E-state index contributed by atoms with van der Waals surface area (Å²) in [7, 11) is 3.71. The number of amides is 2. The zero-order chi connectivity index (χ0) is 16.5. The first-order valence-corrected chi connectivity index (χ1v) is 8.10. The Morgan fingerprint density at radius 2 is 2.04 bits per heavy atom. The topological polar surface area (TPSA) is 54.0 Å². The number of ether oxygens (including phenoxy) is 2. The van der Waals surface area contributed by atoms with Gasteiger partial charge in [0.15, 0.2) is 0 Å². The van der Waals surface area contributed by atoms with E-state index in [4.69, 9.17) is 9.47 Å². The van der Waals surface area contributed by atoms with E-state index in [2.05, 4.69) is 17.3 Å². The van der Waals surface area contributed by atoms with Gasteiger partial charge in [0.1, 0.15) is 12.4 Å². The van der Waals surface area contributed by atoms with Crippen LogP contribution in [0.5, 0.6) is 5.75 Å². The van der Waals surface area contributed by atoms with E-state index in [1.54, 1.807) is 12.0 Å². The van der Waals surface area contributed by atoms with Crippen LogP contribution in [-0.2, 0) is 4.74 Å². The summed E-state index contributed by atoms with van der Waals surface area (Å²) in [5.41, 5.74) is 0. The van der Waals surface area contributed by atoms with Gasteiger partial charge in [-0.1, -0.05) is 18.2 Å². The number of methoxy groups -OCH3 is 1. The molecule has 1 unspecified atom stereocenters. The summed E-state index contributed by atoms with van der Waals surface area (Å²) in [6.45, 7) is 4.01. The number of urea groups is 1. The van der Waals surface area contributed by atoms with Gasteiger partial charge in [0.25, 0.3) is 0 Å². The van der Waals surface area contributed by atoms with Crippen LogP contribution < -0.4 is 10.1 Å². The molecule has 1 aromatic rings. The van der Waals surface area contributed by atoms with E-state index in [-0.39, 0.29) is 12.1 Å². The lowest BCUT2D eigenvalue weighted by atomic mass is 10.3. The smallest absolute Gasteiger partial charge is 0.317 e. The lowest BCUT2D eigenvalue weighted by Crippen LogP contribution is -2.48. The minimum Gasteiger partial charge on any atom is -0.492 e. The SMILES string of the molecule is COCCN(CCOc1ccccc1)C(=O)NC1CCN(C)C1. The molecule has 128 valence electrons. The highest BCUT2D eigenvalue weighted by Gasteiger charge is 2.23. The van der Waals surface area contributed by atoms with Crippen molar-refractivity contribution in [3.8, 4) is 5.75 Å². The molecule has 2 rings (SSSR count). The minimum atomic E-state index is -0.0426. The van der Waals surface area contributed by atoms with Crippen LogP contribution in [0.1, 0.15) is 6.42 Å². The summed E-state index contributed by atoms with van der Waals surface area (Å²) < 4.78 is 10.8. The maximum Gasteiger partial charge on any atom is 0.317 e. The van der Waals surface area contributed by atoms with E-state index in [0.717, 1.165) is 25.3 Å². The number of carbonyl (C=O) groups excluding carboxylic acids is 1. The normalized spacial score (nSPS) is 17.9. The number of nitrogens with zero attached hydrogens (tertiary/aromatic N) is 2. The first-order valence-electron chi connectivity index (χ1n) is 8.10. The van der Waals surface area contributed by atoms with Gasteiger partial charge in [-0.25, -0.2) is 4.79 Å². The van der Waals surface area contributed by atoms with Crippen molar-refractivity contribution >= 4 is 6.03 Å². The standard InChI is InChI=1S/C17H27N3O3/c1-19-9-8-15(14-19)18-17(21)20(10-12-22-2)11-13-23-16-6-4-3-5-7-16/h3-7,15H,8-14H2,1-2H3,(H,18,21). The third kappa shape index (κ3) is 6.08. The number of carbonyl (C=O) groups is 1. The Labute approximate surface area is 138 Å². The van der Waals surface area contributed by atoms with Gasteiger partial charge in [-0.05, 0) is 32.1 Å². The lowest BCUT2D eigenvalue weighted by Gasteiger charge is -2.25. The number of nitrogens with one attached hydrogen (secondary N) is 1. The van der Waals surface area contributed by atoms with Crippen LogP contribution in [-0.4, -0.2) is 75.4 Å². The number of likely N-dealkylation sites (N-methyl/N-ethyl adjacent to an activating group) is 1. The molecule has 0 aliphatic carbocycles. The maximum atomic E-state index is 12.4. The molecule has 0 bridgehead atoms. The van der Waals surface area contributed by atoms with E-state index in [1.807, 2.05) is 30.3 Å². The third-order valence-corrected chi connectivity index (χ3v) is 3.94. The van der Waals surface area contributed by atoms with Crippen LogP contribution in [0.25, 0.3) is 0 Å². The summed E-state index contributed by atoms with van der Waals surface area (Å²) in [6, 6.07) is 9.82. The molecule has 6 nitrogen and oxygen atoms in total. The second-order valence-corrected chi connectivity index (χ2v) is 5.84. The van der Waals surface area contributed by atoms with Crippen molar-refractivity contribution in [2.45, 2.75) is 12.5 Å². The molecule has 0 saturated carbocycles. The zero-order valence-electron chi connectivity index (χ0n) is 14.0. The molecular formula is C17H27N3O3. The van der Waals surface area contributed by atoms with Crippen LogP contribution in [0.15, 0.2) is 30.3 Å². The largest absolute Gasteiger partial charge is 0.492 e. The molecule has 1 aliphatic heterocycles. The van der Waals surface area contributed by atoms with E-state index in [1.165, 1.54) is 0 Å². The van der Waals surface area contributed by atoms with Gasteiger partial charge < -0.3 is 24.6 Å². The van der Waals surface area contributed by atoms with Crippen LogP contribution >= 0.6 is 0 Å². The van der Waals surface area contributed by atoms with Gasteiger partial charge in [0.2, 0.25) is 0 Å². The molecular weight excluding hydrogens is 294 g/mol. The molecule has 1 N–H and O–H groups in total. The van der Waals surface area contributed by atoms with Crippen molar-refractivity contribution in [1.29, 1.82) is 0 Å². The average molecular weight is 321 g/mol. The molecule has 0 radical (unpaired) electrons. The Morgan fingerprint density at radius 1 is 1.30 bits per heavy atom. The Morgan fingerprint density at radius 3 is 2.70 bits per heavy atom. The fourth-order valence-corrected chi connectivity index (χ4v) is 2.63. The summed E-state index contributed by atoms with van der Waals surface area (Å²) in [5.74, 6) is 0.817. The number of benzene rings is 1. The summed E-state index contributed by atoms with van der Waals surface area (Å²) >= 11 is 0. The molecule has 0 spiro atoms. The zero-order valence-corrected chi connectivity index (χ0v) is 14.0. The van der Waals surface area contributed by atoms with Gasteiger partial charge in [0, 0.05) is 26.2 Å². The van der Waals surface area contributed by atoms with Crippen molar-refractivity contribution in [3.63, 3.8) is 0 Å². The van der Waals surface area contributed by atoms with Crippen LogP contribution in [0.3, 0.4) is 0 Å². The van der Waals surface area contributed by atoms with Crippen molar-refractivity contribution in [2.24, 2.45) is 0 Å². The van der Waals surface area contributed by atoms with E-state index in [0.29, 0.717) is 26.3 Å². The average Bonchev–Trinajstić information content (AvgIpc) is 2.96.